The van der Waals surface area contributed by atoms with E-state index in [1.54, 1.807) is 5.57 Å². The van der Waals surface area contributed by atoms with Gasteiger partial charge in [-0.25, -0.2) is 0 Å². The molecular formula is C46H74N2. The Bertz CT molecular complexity index is 1320. The van der Waals surface area contributed by atoms with Crippen LogP contribution in [0.1, 0.15) is 146 Å². The number of nitrogens with zero attached hydrogens (tertiary/aromatic N) is 2. The fourth-order valence-electron chi connectivity index (χ4n) is 6.92. The van der Waals surface area contributed by atoms with E-state index < -0.39 is 0 Å². The van der Waals surface area contributed by atoms with Crippen LogP contribution in [0.25, 0.3) is 16.5 Å². The van der Waals surface area contributed by atoms with E-state index in [2.05, 4.69) is 114 Å². The summed E-state index contributed by atoms with van der Waals surface area (Å²) in [4.78, 5) is 7.13. The number of benzene rings is 1. The number of rotatable bonds is 5. The third-order valence-electron chi connectivity index (χ3n) is 9.44. The molecule has 3 aliphatic carbocycles. The summed E-state index contributed by atoms with van der Waals surface area (Å²) in [5, 5.41) is 1.21. The lowest BCUT2D eigenvalue weighted by atomic mass is 9.86. The highest BCUT2D eigenvalue weighted by Gasteiger charge is 2.27. The van der Waals surface area contributed by atoms with E-state index in [4.69, 9.17) is 0 Å². The monoisotopic (exact) mass is 655 g/mol. The van der Waals surface area contributed by atoms with Gasteiger partial charge >= 0.3 is 0 Å². The second-order valence-corrected chi connectivity index (χ2v) is 14.0. The molecule has 1 saturated carbocycles. The van der Waals surface area contributed by atoms with Gasteiger partial charge in [-0.2, -0.15) is 0 Å². The third kappa shape index (κ3) is 14.0. The van der Waals surface area contributed by atoms with Crippen LogP contribution >= 0.6 is 0 Å². The maximum atomic E-state index is 4.54. The zero-order chi connectivity index (χ0) is 36.1. The number of pyridine rings is 1. The second kappa shape index (κ2) is 24.4. The first-order valence-electron chi connectivity index (χ1n) is 19.6. The Kier molecular flexibility index (Phi) is 22.0. The van der Waals surface area contributed by atoms with Gasteiger partial charge in [0.15, 0.2) is 0 Å². The third-order valence-corrected chi connectivity index (χ3v) is 9.44. The summed E-state index contributed by atoms with van der Waals surface area (Å²) in [6.07, 6.45) is 20.5. The average molecular weight is 655 g/mol. The van der Waals surface area contributed by atoms with Crippen molar-refractivity contribution in [3.8, 4) is 0 Å². The lowest BCUT2D eigenvalue weighted by Gasteiger charge is -2.27. The van der Waals surface area contributed by atoms with Gasteiger partial charge in [-0.3, -0.25) is 4.98 Å². The molecule has 6 rings (SSSR count). The van der Waals surface area contributed by atoms with E-state index in [0.717, 1.165) is 30.2 Å². The zero-order valence-corrected chi connectivity index (χ0v) is 33.5. The van der Waals surface area contributed by atoms with Crippen LogP contribution in [0.2, 0.25) is 0 Å². The van der Waals surface area contributed by atoms with Crippen molar-refractivity contribution < 1.29 is 0 Å². The molecule has 1 unspecified atom stereocenters. The lowest BCUT2D eigenvalue weighted by molar-refractivity contribution is 0.206. The van der Waals surface area contributed by atoms with E-state index >= 15 is 0 Å². The molecule has 1 saturated heterocycles. The Morgan fingerprint density at radius 1 is 0.896 bits per heavy atom. The van der Waals surface area contributed by atoms with E-state index in [1.807, 2.05) is 40.0 Å². The molecule has 0 spiro atoms. The number of hydrogen-bond donors (Lipinski definition) is 0. The second-order valence-electron chi connectivity index (χ2n) is 14.0. The van der Waals surface area contributed by atoms with Crippen LogP contribution in [0.3, 0.4) is 0 Å². The van der Waals surface area contributed by atoms with Gasteiger partial charge in [0.05, 0.1) is 5.52 Å². The standard InChI is InChI=1S/C17H19N.C13H16.C9H19N.C3H8.2C2H6/c1-12-6-3-9-15(12)13(2)16-10-4-7-14-8-5-11-18-17(14)16;1-9-4-6-12(8-9)13-7-5-10(2)11(13)3;1-9(2)8-10-6-4-3-5-7-10;1-3-2;2*1-2/h4-5,7-8,10-12,15H,2-3,6,9H2,1H3;4-6H,7-8H2,1-3H3;9H,3-8H2,1-2H3;3H2,1-2H3;2*1-2H3/t12-,15?;;;;;/m0...../s1. The quantitative estimate of drug-likeness (QED) is 0.319. The maximum Gasteiger partial charge on any atom is 0.0776 e. The van der Waals surface area contributed by atoms with Gasteiger partial charge in [-0.05, 0) is 112 Å². The first-order valence-corrected chi connectivity index (χ1v) is 19.6. The van der Waals surface area contributed by atoms with Crippen molar-refractivity contribution in [1.29, 1.82) is 0 Å². The number of fused-ring (bicyclic) bond motifs is 1. The number of para-hydroxylation sites is 1. The number of piperidine rings is 1. The van der Waals surface area contributed by atoms with Crippen molar-refractivity contribution in [2.24, 2.45) is 17.8 Å². The van der Waals surface area contributed by atoms with E-state index in [1.165, 1.54) is 103 Å². The van der Waals surface area contributed by atoms with Gasteiger partial charge in [0, 0.05) is 23.7 Å². The molecule has 2 heteroatoms. The normalized spacial score (nSPS) is 19.9. The van der Waals surface area contributed by atoms with Gasteiger partial charge in [0.1, 0.15) is 0 Å². The summed E-state index contributed by atoms with van der Waals surface area (Å²) in [6, 6.07) is 10.5. The summed E-state index contributed by atoms with van der Waals surface area (Å²) in [6.45, 7) is 34.2. The van der Waals surface area contributed by atoms with Gasteiger partial charge < -0.3 is 4.90 Å². The summed E-state index contributed by atoms with van der Waals surface area (Å²) >= 11 is 0. The molecule has 1 aromatic heterocycles. The number of hydrogen-bond acceptors (Lipinski definition) is 2. The van der Waals surface area contributed by atoms with Crippen LogP contribution in [-0.4, -0.2) is 29.5 Å². The first-order chi connectivity index (χ1) is 23.2. The summed E-state index contributed by atoms with van der Waals surface area (Å²) in [5.74, 6) is 2.24. The van der Waals surface area contributed by atoms with Crippen LogP contribution in [0, 0.1) is 17.8 Å². The molecule has 2 aromatic rings. The van der Waals surface area contributed by atoms with E-state index in [-0.39, 0.29) is 0 Å². The largest absolute Gasteiger partial charge is 0.303 e. The highest BCUT2D eigenvalue weighted by atomic mass is 15.1. The molecule has 0 bridgehead atoms. The smallest absolute Gasteiger partial charge is 0.0776 e. The van der Waals surface area contributed by atoms with Crippen LogP contribution in [-0.2, 0) is 0 Å². The van der Waals surface area contributed by atoms with Gasteiger partial charge in [-0.15, -0.1) is 0 Å². The van der Waals surface area contributed by atoms with Gasteiger partial charge in [-0.1, -0.05) is 148 Å². The van der Waals surface area contributed by atoms with Crippen LogP contribution in [0.15, 0.2) is 89.2 Å². The summed E-state index contributed by atoms with van der Waals surface area (Å²) in [7, 11) is 0. The predicted octanol–water partition coefficient (Wildman–Crippen LogP) is 14.2. The minimum Gasteiger partial charge on any atom is -0.303 e. The van der Waals surface area contributed by atoms with Crippen LogP contribution < -0.4 is 0 Å². The van der Waals surface area contributed by atoms with Crippen LogP contribution in [0.5, 0.6) is 0 Å². The molecule has 1 aromatic carbocycles. The van der Waals surface area contributed by atoms with Crippen molar-refractivity contribution in [3.05, 3.63) is 94.8 Å². The molecule has 48 heavy (non-hydrogen) atoms. The van der Waals surface area contributed by atoms with Gasteiger partial charge in [0.25, 0.3) is 0 Å². The zero-order valence-electron chi connectivity index (χ0n) is 33.5. The Labute approximate surface area is 298 Å². The van der Waals surface area contributed by atoms with Crippen molar-refractivity contribution in [2.75, 3.05) is 19.6 Å². The minimum absolute atomic E-state index is 0.637. The lowest BCUT2D eigenvalue weighted by Crippen LogP contribution is -2.32. The number of allylic oxidation sites excluding steroid dienone is 9. The number of aromatic nitrogens is 1. The van der Waals surface area contributed by atoms with Crippen molar-refractivity contribution in [3.63, 3.8) is 0 Å². The fourth-order valence-corrected chi connectivity index (χ4v) is 6.92. The molecule has 2 nitrogen and oxygen atoms in total. The van der Waals surface area contributed by atoms with Crippen molar-refractivity contribution >= 4 is 16.5 Å². The fraction of sp³-hybridized carbons (Fsp3) is 0.587. The van der Waals surface area contributed by atoms with Crippen molar-refractivity contribution in [1.82, 2.24) is 9.88 Å². The van der Waals surface area contributed by atoms with E-state index in [9.17, 15) is 0 Å². The molecule has 268 valence electrons. The highest BCUT2D eigenvalue weighted by Crippen LogP contribution is 2.41. The molecule has 2 heterocycles. The Balaban J connectivity index is 0.000000340. The SMILES string of the molecule is C=C(c1cccc2cccnc12)C1CCC[C@@H]1C.CC.CC.CC(C)CN1CCCCC1.CC1=CC=C(C2=C(C)C(C)=CC2)C1.CCC. The highest BCUT2D eigenvalue weighted by molar-refractivity contribution is 5.90. The average Bonchev–Trinajstić information content (AvgIpc) is 3.83. The molecule has 2 fully saturated rings. The molecular weight excluding hydrogens is 581 g/mol. The molecule has 0 amide bonds. The number of likely N-dealkylation sites (tertiary alicyclic amines) is 1. The minimum atomic E-state index is 0.637. The van der Waals surface area contributed by atoms with Crippen LogP contribution in [0.4, 0.5) is 0 Å². The summed E-state index contributed by atoms with van der Waals surface area (Å²) in [5.41, 5.74) is 11.2. The first kappa shape index (κ1) is 43.3. The van der Waals surface area contributed by atoms with Gasteiger partial charge in [0.2, 0.25) is 0 Å². The molecule has 0 radical (unpaired) electrons. The Hall–Kier alpha value is -2.71. The Morgan fingerprint density at radius 3 is 2.06 bits per heavy atom. The Morgan fingerprint density at radius 2 is 1.54 bits per heavy atom. The predicted molar refractivity (Wildman–Crippen MR) is 219 cm³/mol. The molecule has 1 aliphatic heterocycles. The molecule has 0 N–H and O–H groups in total. The van der Waals surface area contributed by atoms with E-state index in [0.29, 0.717) is 5.92 Å². The molecule has 4 aliphatic rings. The maximum absolute atomic E-state index is 4.54. The molecule has 2 atom stereocenters. The summed E-state index contributed by atoms with van der Waals surface area (Å²) < 4.78 is 0. The van der Waals surface area contributed by atoms with Crippen molar-refractivity contribution in [2.45, 2.75) is 141 Å². The topological polar surface area (TPSA) is 16.1 Å².